The van der Waals surface area contributed by atoms with Gasteiger partial charge in [-0.2, -0.15) is 0 Å². The molecule has 1 fully saturated rings. The van der Waals surface area contributed by atoms with Gasteiger partial charge in [0.1, 0.15) is 5.54 Å². The van der Waals surface area contributed by atoms with Crippen molar-refractivity contribution < 1.29 is 14.7 Å². The predicted octanol–water partition coefficient (Wildman–Crippen LogP) is 2.75. The summed E-state index contributed by atoms with van der Waals surface area (Å²) in [5.41, 5.74) is -1.20. The summed E-state index contributed by atoms with van der Waals surface area (Å²) < 4.78 is 0. The molecule has 1 rings (SSSR count). The highest BCUT2D eigenvalue weighted by Gasteiger charge is 2.34. The highest BCUT2D eigenvalue weighted by atomic mass is 16.4. The second-order valence-electron chi connectivity index (χ2n) is 6.39. The van der Waals surface area contributed by atoms with Gasteiger partial charge in [-0.1, -0.05) is 33.6 Å². The van der Waals surface area contributed by atoms with E-state index in [1.54, 1.807) is 6.92 Å². The third kappa shape index (κ3) is 4.12. The summed E-state index contributed by atoms with van der Waals surface area (Å²) >= 11 is 0. The molecule has 20 heavy (non-hydrogen) atoms. The van der Waals surface area contributed by atoms with Gasteiger partial charge in [-0.3, -0.25) is 0 Å². The molecule has 0 aromatic carbocycles. The van der Waals surface area contributed by atoms with Gasteiger partial charge >= 0.3 is 12.0 Å². The Morgan fingerprint density at radius 2 is 1.90 bits per heavy atom. The van der Waals surface area contributed by atoms with Crippen molar-refractivity contribution in [2.24, 2.45) is 11.8 Å². The number of hydrogen-bond acceptors (Lipinski definition) is 2. The first-order valence-electron chi connectivity index (χ1n) is 7.62. The molecule has 1 aliphatic rings. The summed E-state index contributed by atoms with van der Waals surface area (Å²) in [6, 6.07) is -0.215. The molecule has 0 bridgehead atoms. The van der Waals surface area contributed by atoms with Gasteiger partial charge in [0.15, 0.2) is 0 Å². The lowest BCUT2D eigenvalue weighted by atomic mass is 9.78. The van der Waals surface area contributed by atoms with Crippen LogP contribution in [-0.4, -0.2) is 28.7 Å². The fraction of sp³-hybridized carbons (Fsp3) is 0.867. The standard InChI is InChI=1S/C15H28N2O3/c1-5-15(4,13(18)19)17-14(20)16-12-9-7-6-8-11(12)10(2)3/h10-12H,5-9H2,1-4H3,(H,18,19)(H2,16,17,20). The highest BCUT2D eigenvalue weighted by Crippen LogP contribution is 2.30. The fourth-order valence-corrected chi connectivity index (χ4v) is 2.88. The summed E-state index contributed by atoms with van der Waals surface area (Å²) in [7, 11) is 0. The number of rotatable bonds is 5. The number of aliphatic carboxylic acids is 1. The molecule has 0 radical (unpaired) electrons. The molecule has 3 N–H and O–H groups in total. The molecule has 2 amide bonds. The Balaban J connectivity index is 2.62. The Kier molecular flexibility index (Phi) is 5.84. The van der Waals surface area contributed by atoms with Crippen molar-refractivity contribution >= 4 is 12.0 Å². The van der Waals surface area contributed by atoms with E-state index in [1.165, 1.54) is 13.3 Å². The molecule has 0 aromatic heterocycles. The molecule has 3 unspecified atom stereocenters. The minimum Gasteiger partial charge on any atom is -0.480 e. The molecule has 0 spiro atoms. The molecule has 116 valence electrons. The predicted molar refractivity (Wildman–Crippen MR) is 78.6 cm³/mol. The average molecular weight is 284 g/mol. The van der Waals surface area contributed by atoms with E-state index in [4.69, 9.17) is 0 Å². The van der Waals surface area contributed by atoms with E-state index in [0.717, 1.165) is 19.3 Å². The zero-order valence-corrected chi connectivity index (χ0v) is 13.0. The third-order valence-corrected chi connectivity index (χ3v) is 4.56. The zero-order valence-electron chi connectivity index (χ0n) is 13.0. The summed E-state index contributed by atoms with van der Waals surface area (Å²) in [6.45, 7) is 7.65. The van der Waals surface area contributed by atoms with Crippen LogP contribution in [0.4, 0.5) is 4.79 Å². The maximum Gasteiger partial charge on any atom is 0.329 e. The summed E-state index contributed by atoms with van der Waals surface area (Å²) in [5, 5.41) is 14.8. The quantitative estimate of drug-likeness (QED) is 0.726. The molecule has 0 saturated heterocycles. The van der Waals surface area contributed by atoms with E-state index in [-0.39, 0.29) is 12.1 Å². The minimum absolute atomic E-state index is 0.152. The minimum atomic E-state index is -1.20. The van der Waals surface area contributed by atoms with E-state index < -0.39 is 11.5 Å². The Morgan fingerprint density at radius 3 is 2.40 bits per heavy atom. The normalized spacial score (nSPS) is 25.9. The summed E-state index contributed by atoms with van der Waals surface area (Å²) in [4.78, 5) is 23.3. The fourth-order valence-electron chi connectivity index (χ4n) is 2.88. The van der Waals surface area contributed by atoms with Crippen LogP contribution in [0.3, 0.4) is 0 Å². The number of urea groups is 1. The van der Waals surface area contributed by atoms with Gasteiger partial charge in [-0.15, -0.1) is 0 Å². The molecule has 1 saturated carbocycles. The van der Waals surface area contributed by atoms with Crippen LogP contribution in [0, 0.1) is 11.8 Å². The van der Waals surface area contributed by atoms with Crippen molar-refractivity contribution in [3.05, 3.63) is 0 Å². The molecular formula is C15H28N2O3. The van der Waals surface area contributed by atoms with Crippen LogP contribution in [0.5, 0.6) is 0 Å². The number of amides is 2. The molecule has 5 nitrogen and oxygen atoms in total. The number of carbonyl (C=O) groups excluding carboxylic acids is 1. The third-order valence-electron chi connectivity index (χ3n) is 4.56. The van der Waals surface area contributed by atoms with Crippen LogP contribution in [0.15, 0.2) is 0 Å². The monoisotopic (exact) mass is 284 g/mol. The van der Waals surface area contributed by atoms with Gasteiger partial charge < -0.3 is 15.7 Å². The number of carboxylic acids is 1. The van der Waals surface area contributed by atoms with Gasteiger partial charge in [-0.05, 0) is 38.0 Å². The Morgan fingerprint density at radius 1 is 1.30 bits per heavy atom. The van der Waals surface area contributed by atoms with Crippen molar-refractivity contribution in [3.63, 3.8) is 0 Å². The van der Waals surface area contributed by atoms with Crippen molar-refractivity contribution in [2.45, 2.75) is 71.4 Å². The SMILES string of the molecule is CCC(C)(NC(=O)NC1CCCCC1C(C)C)C(=O)O. The molecule has 1 aliphatic carbocycles. The van der Waals surface area contributed by atoms with Crippen LogP contribution in [0.25, 0.3) is 0 Å². The smallest absolute Gasteiger partial charge is 0.329 e. The second kappa shape index (κ2) is 6.95. The van der Waals surface area contributed by atoms with E-state index in [2.05, 4.69) is 24.5 Å². The maximum atomic E-state index is 12.1. The lowest BCUT2D eigenvalue weighted by Gasteiger charge is -2.35. The molecular weight excluding hydrogens is 256 g/mol. The van der Waals surface area contributed by atoms with Gasteiger partial charge in [0, 0.05) is 6.04 Å². The lowest BCUT2D eigenvalue weighted by Crippen LogP contribution is -2.57. The summed E-state index contributed by atoms with van der Waals surface area (Å²) in [6.07, 6.45) is 4.80. The summed E-state index contributed by atoms with van der Waals surface area (Å²) in [5.74, 6) is 0.00375. The van der Waals surface area contributed by atoms with Crippen LogP contribution in [0.2, 0.25) is 0 Å². The van der Waals surface area contributed by atoms with E-state index in [9.17, 15) is 14.7 Å². The van der Waals surface area contributed by atoms with Gasteiger partial charge in [-0.25, -0.2) is 9.59 Å². The first-order valence-corrected chi connectivity index (χ1v) is 7.62. The van der Waals surface area contributed by atoms with E-state index in [1.807, 2.05) is 0 Å². The van der Waals surface area contributed by atoms with Crippen LogP contribution >= 0.6 is 0 Å². The van der Waals surface area contributed by atoms with Crippen LogP contribution in [-0.2, 0) is 4.79 Å². The Bertz CT molecular complexity index is 357. The zero-order chi connectivity index (χ0) is 15.3. The van der Waals surface area contributed by atoms with Crippen molar-refractivity contribution in [3.8, 4) is 0 Å². The first kappa shape index (κ1) is 16.8. The Hall–Kier alpha value is -1.26. The Labute approximate surface area is 121 Å². The van der Waals surface area contributed by atoms with Gasteiger partial charge in [0.25, 0.3) is 0 Å². The van der Waals surface area contributed by atoms with Gasteiger partial charge in [0.05, 0.1) is 0 Å². The lowest BCUT2D eigenvalue weighted by molar-refractivity contribution is -0.143. The first-order chi connectivity index (χ1) is 9.30. The molecule has 0 aliphatic heterocycles. The van der Waals surface area contributed by atoms with E-state index >= 15 is 0 Å². The van der Waals surface area contributed by atoms with E-state index in [0.29, 0.717) is 18.3 Å². The molecule has 3 atom stereocenters. The molecule has 0 aromatic rings. The highest BCUT2D eigenvalue weighted by molar-refractivity contribution is 5.85. The number of carbonyl (C=O) groups is 2. The average Bonchev–Trinajstić information content (AvgIpc) is 2.38. The number of carboxylic acid groups (broad SMARTS) is 1. The largest absolute Gasteiger partial charge is 0.480 e. The van der Waals surface area contributed by atoms with Crippen molar-refractivity contribution in [1.29, 1.82) is 0 Å². The number of nitrogens with one attached hydrogen (secondary N) is 2. The van der Waals surface area contributed by atoms with Crippen LogP contribution in [0.1, 0.15) is 59.8 Å². The molecule has 0 heterocycles. The molecule has 5 heteroatoms. The van der Waals surface area contributed by atoms with Crippen molar-refractivity contribution in [1.82, 2.24) is 10.6 Å². The number of hydrogen-bond donors (Lipinski definition) is 3. The topological polar surface area (TPSA) is 78.4 Å². The van der Waals surface area contributed by atoms with Gasteiger partial charge in [0.2, 0.25) is 0 Å². The second-order valence-corrected chi connectivity index (χ2v) is 6.39. The maximum absolute atomic E-state index is 12.1. The van der Waals surface area contributed by atoms with Crippen LogP contribution < -0.4 is 10.6 Å². The van der Waals surface area contributed by atoms with Crippen molar-refractivity contribution in [2.75, 3.05) is 0 Å².